The highest BCUT2D eigenvalue weighted by Gasteiger charge is 2.08. The molecule has 1 rings (SSSR count). The zero-order chi connectivity index (χ0) is 14.3. The number of hydrogen-bond acceptors (Lipinski definition) is 2. The minimum absolute atomic E-state index is 0.0438. The topological polar surface area (TPSA) is 63.2 Å². The van der Waals surface area contributed by atoms with Crippen molar-refractivity contribution >= 4 is 11.8 Å². The molecule has 0 aliphatic heterocycles. The molecule has 0 amide bonds. The maximum Gasteiger partial charge on any atom is 0.303 e. The zero-order valence-electron chi connectivity index (χ0n) is 11.8. The molecule has 5 nitrogen and oxygen atoms in total. The molecule has 0 aliphatic carbocycles. The van der Waals surface area contributed by atoms with Gasteiger partial charge in [0.2, 0.25) is 0 Å². The Morgan fingerprint density at radius 1 is 1.21 bits per heavy atom. The molecule has 5 heteroatoms. The highest BCUT2D eigenvalue weighted by Crippen LogP contribution is 2.06. The van der Waals surface area contributed by atoms with Gasteiger partial charge in [-0.05, 0) is 19.3 Å². The summed E-state index contributed by atoms with van der Waals surface area (Å²) in [5, 5.41) is 8.47. The lowest BCUT2D eigenvalue weighted by molar-refractivity contribution is -0.677. The summed E-state index contributed by atoms with van der Waals surface area (Å²) >= 11 is 0. The van der Waals surface area contributed by atoms with Crippen LogP contribution >= 0.6 is 0 Å². The van der Waals surface area contributed by atoms with Crippen LogP contribution in [0.3, 0.4) is 0 Å². The summed E-state index contributed by atoms with van der Waals surface area (Å²) < 4.78 is 4.28. The van der Waals surface area contributed by atoms with E-state index in [-0.39, 0.29) is 18.6 Å². The Labute approximate surface area is 113 Å². The van der Waals surface area contributed by atoms with E-state index in [9.17, 15) is 9.59 Å². The fraction of sp³-hybridized carbons (Fsp3) is 0.643. The smallest absolute Gasteiger partial charge is 0.303 e. The van der Waals surface area contributed by atoms with Crippen LogP contribution in [0.25, 0.3) is 0 Å². The molecule has 0 radical (unpaired) electrons. The number of carboxylic acids is 1. The Morgan fingerprint density at radius 2 is 1.95 bits per heavy atom. The van der Waals surface area contributed by atoms with Gasteiger partial charge in [0, 0.05) is 19.8 Å². The van der Waals surface area contributed by atoms with E-state index in [1.165, 1.54) is 5.82 Å². The van der Waals surface area contributed by atoms with Crippen molar-refractivity contribution in [2.24, 2.45) is 7.05 Å². The quantitative estimate of drug-likeness (QED) is 0.546. The van der Waals surface area contributed by atoms with Crippen molar-refractivity contribution in [1.82, 2.24) is 4.57 Å². The molecule has 0 spiro atoms. The molecule has 1 aromatic heterocycles. The molecule has 1 heterocycles. The largest absolute Gasteiger partial charge is 0.481 e. The normalized spacial score (nSPS) is 10.6. The summed E-state index contributed by atoms with van der Waals surface area (Å²) in [5.74, 6) is 0.382. The van der Waals surface area contributed by atoms with Crippen LogP contribution in [-0.4, -0.2) is 21.4 Å². The van der Waals surface area contributed by atoms with E-state index in [0.717, 1.165) is 25.8 Å². The van der Waals surface area contributed by atoms with Crippen molar-refractivity contribution in [1.29, 1.82) is 0 Å². The van der Waals surface area contributed by atoms with Gasteiger partial charge < -0.3 is 5.11 Å². The molecule has 0 atom stereocenters. The third kappa shape index (κ3) is 5.68. The molecule has 0 aliphatic rings. The second-order valence-electron chi connectivity index (χ2n) is 4.89. The van der Waals surface area contributed by atoms with Gasteiger partial charge in [0.05, 0.1) is 20.0 Å². The number of aliphatic carboxylic acids is 1. The second kappa shape index (κ2) is 7.71. The minimum atomic E-state index is -0.899. The molecule has 106 valence electrons. The van der Waals surface area contributed by atoms with E-state index < -0.39 is 5.97 Å². The SMILES string of the molecule is Cc1n(CCCCCC(=O)CCC(=O)O)cc[n+]1C. The number of carboxylic acid groups (broad SMARTS) is 1. The van der Waals surface area contributed by atoms with Gasteiger partial charge in [-0.3, -0.25) is 9.59 Å². The van der Waals surface area contributed by atoms with Crippen molar-refractivity contribution in [3.05, 3.63) is 18.2 Å². The standard InChI is InChI=1S/C14H22N2O3/c1-12-15(2)10-11-16(12)9-5-3-4-6-13(17)7-8-14(18)19/h10-11H,3-9H2,1-2H3/p+1. The van der Waals surface area contributed by atoms with E-state index in [4.69, 9.17) is 5.11 Å². The summed E-state index contributed by atoms with van der Waals surface area (Å²) in [6.45, 7) is 3.05. The number of nitrogens with zero attached hydrogens (tertiary/aromatic N) is 2. The van der Waals surface area contributed by atoms with E-state index in [1.54, 1.807) is 0 Å². The number of imidazole rings is 1. The van der Waals surface area contributed by atoms with Gasteiger partial charge in [-0.25, -0.2) is 9.13 Å². The Bertz CT molecular complexity index is 438. The average Bonchev–Trinajstić information content (AvgIpc) is 2.67. The second-order valence-corrected chi connectivity index (χ2v) is 4.89. The number of carbonyl (C=O) groups excluding carboxylic acids is 1. The fourth-order valence-electron chi connectivity index (χ4n) is 1.99. The Balaban J connectivity index is 2.10. The van der Waals surface area contributed by atoms with Gasteiger partial charge in [-0.1, -0.05) is 0 Å². The molecule has 0 bridgehead atoms. The van der Waals surface area contributed by atoms with Crippen LogP contribution in [0.2, 0.25) is 0 Å². The lowest BCUT2D eigenvalue weighted by Crippen LogP contribution is -2.29. The molecule has 1 aromatic rings. The number of aryl methyl sites for hydroxylation is 2. The Morgan fingerprint density at radius 3 is 2.53 bits per heavy atom. The summed E-state index contributed by atoms with van der Waals surface area (Å²) in [6.07, 6.45) is 7.62. The molecule has 0 saturated heterocycles. The molecule has 0 saturated carbocycles. The highest BCUT2D eigenvalue weighted by atomic mass is 16.4. The molecule has 0 fully saturated rings. The summed E-state index contributed by atoms with van der Waals surface area (Å²) in [6, 6.07) is 0. The van der Waals surface area contributed by atoms with Gasteiger partial charge in [-0.2, -0.15) is 0 Å². The molecule has 0 aromatic carbocycles. The van der Waals surface area contributed by atoms with E-state index >= 15 is 0 Å². The summed E-state index contributed by atoms with van der Waals surface area (Å²) in [5.41, 5.74) is 0. The monoisotopic (exact) mass is 267 g/mol. The first-order chi connectivity index (χ1) is 9.00. The first-order valence-corrected chi connectivity index (χ1v) is 6.75. The molecular formula is C14H23N2O3+. The zero-order valence-corrected chi connectivity index (χ0v) is 11.8. The van der Waals surface area contributed by atoms with Crippen LogP contribution in [0, 0.1) is 6.92 Å². The van der Waals surface area contributed by atoms with Crippen molar-refractivity contribution in [3.8, 4) is 0 Å². The highest BCUT2D eigenvalue weighted by molar-refractivity contribution is 5.82. The number of ketones is 1. The van der Waals surface area contributed by atoms with Crippen molar-refractivity contribution in [2.45, 2.75) is 52.0 Å². The maximum atomic E-state index is 11.4. The maximum absolute atomic E-state index is 11.4. The Kier molecular flexibility index (Phi) is 6.25. The number of carbonyl (C=O) groups is 2. The van der Waals surface area contributed by atoms with Crippen LogP contribution in [0.5, 0.6) is 0 Å². The number of hydrogen-bond donors (Lipinski definition) is 1. The molecule has 1 N–H and O–H groups in total. The van der Waals surface area contributed by atoms with Gasteiger partial charge in [0.1, 0.15) is 18.2 Å². The average molecular weight is 267 g/mol. The number of rotatable bonds is 9. The van der Waals surface area contributed by atoms with Gasteiger partial charge in [0.25, 0.3) is 5.82 Å². The van der Waals surface area contributed by atoms with Crippen LogP contribution in [0.1, 0.15) is 44.3 Å². The summed E-state index contributed by atoms with van der Waals surface area (Å²) in [4.78, 5) is 21.7. The minimum Gasteiger partial charge on any atom is -0.481 e. The van der Waals surface area contributed by atoms with Crippen LogP contribution in [-0.2, 0) is 23.2 Å². The summed E-state index contributed by atoms with van der Waals surface area (Å²) in [7, 11) is 2.02. The van der Waals surface area contributed by atoms with Crippen molar-refractivity contribution in [3.63, 3.8) is 0 Å². The van der Waals surface area contributed by atoms with Gasteiger partial charge in [-0.15, -0.1) is 0 Å². The number of Topliss-reactive ketones (excluding diaryl/α,β-unsaturated/α-hetero) is 1. The number of aromatic nitrogens is 2. The lowest BCUT2D eigenvalue weighted by atomic mass is 10.1. The van der Waals surface area contributed by atoms with Gasteiger partial charge >= 0.3 is 5.97 Å². The van der Waals surface area contributed by atoms with Crippen LogP contribution < -0.4 is 4.57 Å². The predicted octanol–water partition coefficient (Wildman–Crippen LogP) is 1.62. The number of unbranched alkanes of at least 4 members (excludes halogenated alkanes) is 2. The van der Waals surface area contributed by atoms with Crippen LogP contribution in [0.15, 0.2) is 12.4 Å². The van der Waals surface area contributed by atoms with E-state index in [2.05, 4.69) is 22.3 Å². The van der Waals surface area contributed by atoms with Crippen molar-refractivity contribution < 1.29 is 19.3 Å². The third-order valence-electron chi connectivity index (χ3n) is 3.37. The van der Waals surface area contributed by atoms with Crippen molar-refractivity contribution in [2.75, 3.05) is 0 Å². The Hall–Kier alpha value is -1.65. The molecule has 0 unspecified atom stereocenters. The first-order valence-electron chi connectivity index (χ1n) is 6.75. The van der Waals surface area contributed by atoms with Gasteiger partial charge in [0.15, 0.2) is 0 Å². The lowest BCUT2D eigenvalue weighted by Gasteiger charge is -2.01. The fourth-order valence-corrected chi connectivity index (χ4v) is 1.99. The molecule has 19 heavy (non-hydrogen) atoms. The first kappa shape index (κ1) is 15.4. The van der Waals surface area contributed by atoms with Crippen LogP contribution in [0.4, 0.5) is 0 Å². The molecular weight excluding hydrogens is 244 g/mol. The van der Waals surface area contributed by atoms with E-state index in [0.29, 0.717) is 6.42 Å². The van der Waals surface area contributed by atoms with E-state index in [1.807, 2.05) is 13.2 Å². The third-order valence-corrected chi connectivity index (χ3v) is 3.37. The predicted molar refractivity (Wildman–Crippen MR) is 70.7 cm³/mol.